The molecule has 1 aromatic heterocycles. The molecule has 1 aliphatic rings. The van der Waals surface area contributed by atoms with Crippen LogP contribution in [-0.4, -0.2) is 18.6 Å². The quantitative estimate of drug-likeness (QED) is 0.783. The van der Waals surface area contributed by atoms with Crippen molar-refractivity contribution >= 4 is 11.3 Å². The first-order chi connectivity index (χ1) is 6.31. The van der Waals surface area contributed by atoms with Crippen LogP contribution < -0.4 is 5.32 Å². The van der Waals surface area contributed by atoms with Gasteiger partial charge < -0.3 is 5.32 Å². The molecule has 1 aliphatic carbocycles. The molecule has 1 aromatic rings. The number of likely N-dealkylation sites (N-methyl/N-ethyl adjacent to an activating group) is 1. The minimum atomic E-state index is 0.722. The average molecular weight is 196 g/mol. The average Bonchev–Trinajstić information content (AvgIpc) is 2.47. The summed E-state index contributed by atoms with van der Waals surface area (Å²) in [5.74, 6) is 0.722. The summed E-state index contributed by atoms with van der Waals surface area (Å²) < 4.78 is 0. The van der Waals surface area contributed by atoms with Crippen LogP contribution in [-0.2, 0) is 6.42 Å². The van der Waals surface area contributed by atoms with E-state index in [4.69, 9.17) is 0 Å². The summed E-state index contributed by atoms with van der Waals surface area (Å²) in [6.45, 7) is 3.22. The predicted molar refractivity (Wildman–Crippen MR) is 56.5 cm³/mol. The van der Waals surface area contributed by atoms with Crippen molar-refractivity contribution in [1.82, 2.24) is 10.3 Å². The Kier molecular flexibility index (Phi) is 2.65. The lowest BCUT2D eigenvalue weighted by Crippen LogP contribution is -2.20. The maximum absolute atomic E-state index is 4.57. The first kappa shape index (κ1) is 9.16. The lowest BCUT2D eigenvalue weighted by atomic mass is 9.92. The van der Waals surface area contributed by atoms with Crippen LogP contribution in [0.4, 0.5) is 0 Å². The number of fused-ring (bicyclic) bond motifs is 1. The SMILES string of the molecule is CNCC1CCCc2nc(C)sc21. The van der Waals surface area contributed by atoms with Crippen LogP contribution >= 0.6 is 11.3 Å². The maximum atomic E-state index is 4.57. The number of hydrogen-bond donors (Lipinski definition) is 1. The van der Waals surface area contributed by atoms with Gasteiger partial charge in [-0.3, -0.25) is 0 Å². The Morgan fingerprint density at radius 1 is 1.62 bits per heavy atom. The molecular formula is C10H16N2S. The Morgan fingerprint density at radius 2 is 2.46 bits per heavy atom. The Bertz CT molecular complexity index is 293. The van der Waals surface area contributed by atoms with E-state index in [1.807, 2.05) is 18.4 Å². The molecule has 1 N–H and O–H groups in total. The largest absolute Gasteiger partial charge is 0.319 e. The first-order valence-corrected chi connectivity index (χ1v) is 5.73. The van der Waals surface area contributed by atoms with Crippen molar-refractivity contribution in [2.75, 3.05) is 13.6 Å². The van der Waals surface area contributed by atoms with E-state index in [1.165, 1.54) is 34.8 Å². The fraction of sp³-hybridized carbons (Fsp3) is 0.700. The van der Waals surface area contributed by atoms with Gasteiger partial charge in [-0.15, -0.1) is 11.3 Å². The van der Waals surface area contributed by atoms with Gasteiger partial charge in [0.2, 0.25) is 0 Å². The van der Waals surface area contributed by atoms with E-state index in [9.17, 15) is 0 Å². The highest BCUT2D eigenvalue weighted by molar-refractivity contribution is 7.11. The normalized spacial score (nSPS) is 21.5. The van der Waals surface area contributed by atoms with Crippen molar-refractivity contribution in [2.24, 2.45) is 0 Å². The Morgan fingerprint density at radius 3 is 3.23 bits per heavy atom. The summed E-state index contributed by atoms with van der Waals surface area (Å²) >= 11 is 1.89. The molecule has 1 atom stereocenters. The molecule has 0 aliphatic heterocycles. The smallest absolute Gasteiger partial charge is 0.0900 e. The topological polar surface area (TPSA) is 24.9 Å². The summed E-state index contributed by atoms with van der Waals surface area (Å²) in [7, 11) is 2.03. The van der Waals surface area contributed by atoms with Crippen LogP contribution in [0.3, 0.4) is 0 Å². The summed E-state index contributed by atoms with van der Waals surface area (Å²) in [5.41, 5.74) is 1.37. The summed E-state index contributed by atoms with van der Waals surface area (Å²) in [5, 5.41) is 4.50. The molecular weight excluding hydrogens is 180 g/mol. The van der Waals surface area contributed by atoms with Gasteiger partial charge in [0.05, 0.1) is 10.7 Å². The van der Waals surface area contributed by atoms with E-state index in [-0.39, 0.29) is 0 Å². The molecule has 0 fully saturated rings. The monoisotopic (exact) mass is 196 g/mol. The third-order valence-electron chi connectivity index (χ3n) is 2.62. The Hall–Kier alpha value is -0.410. The van der Waals surface area contributed by atoms with E-state index < -0.39 is 0 Å². The van der Waals surface area contributed by atoms with Crippen LogP contribution in [0, 0.1) is 6.92 Å². The third kappa shape index (κ3) is 1.76. The molecule has 0 radical (unpaired) electrons. The second-order valence-corrected chi connectivity index (χ2v) is 4.93. The van der Waals surface area contributed by atoms with E-state index in [0.29, 0.717) is 0 Å². The first-order valence-electron chi connectivity index (χ1n) is 4.92. The minimum absolute atomic E-state index is 0.722. The highest BCUT2D eigenvalue weighted by atomic mass is 32.1. The minimum Gasteiger partial charge on any atom is -0.319 e. The number of aromatic nitrogens is 1. The highest BCUT2D eigenvalue weighted by Gasteiger charge is 2.22. The molecule has 72 valence electrons. The zero-order valence-corrected chi connectivity index (χ0v) is 9.08. The van der Waals surface area contributed by atoms with Crippen molar-refractivity contribution in [3.8, 4) is 0 Å². The van der Waals surface area contributed by atoms with Crippen molar-refractivity contribution in [3.05, 3.63) is 15.6 Å². The third-order valence-corrected chi connectivity index (χ3v) is 3.80. The molecule has 0 aromatic carbocycles. The van der Waals surface area contributed by atoms with Gasteiger partial charge in [0, 0.05) is 17.3 Å². The fourth-order valence-electron chi connectivity index (χ4n) is 2.07. The number of thiazole rings is 1. The highest BCUT2D eigenvalue weighted by Crippen LogP contribution is 2.34. The van der Waals surface area contributed by atoms with Crippen LogP contribution in [0.25, 0.3) is 0 Å². The second kappa shape index (κ2) is 3.76. The molecule has 0 saturated heterocycles. The number of hydrogen-bond acceptors (Lipinski definition) is 3. The van der Waals surface area contributed by atoms with Crippen molar-refractivity contribution < 1.29 is 0 Å². The molecule has 1 heterocycles. The summed E-state index contributed by atoms with van der Waals surface area (Å²) in [4.78, 5) is 6.11. The van der Waals surface area contributed by atoms with Gasteiger partial charge in [0.15, 0.2) is 0 Å². The Balaban J connectivity index is 2.25. The lowest BCUT2D eigenvalue weighted by molar-refractivity contribution is 0.532. The fourth-order valence-corrected chi connectivity index (χ4v) is 3.18. The van der Waals surface area contributed by atoms with Gasteiger partial charge >= 0.3 is 0 Å². The molecule has 2 nitrogen and oxygen atoms in total. The van der Waals surface area contributed by atoms with E-state index in [1.54, 1.807) is 0 Å². The second-order valence-electron chi connectivity index (χ2n) is 3.69. The molecule has 13 heavy (non-hydrogen) atoms. The number of nitrogens with zero attached hydrogens (tertiary/aromatic N) is 1. The van der Waals surface area contributed by atoms with E-state index in [0.717, 1.165) is 12.5 Å². The number of aryl methyl sites for hydroxylation is 2. The molecule has 0 saturated carbocycles. The lowest BCUT2D eigenvalue weighted by Gasteiger charge is -2.20. The van der Waals surface area contributed by atoms with Gasteiger partial charge in [0.1, 0.15) is 0 Å². The van der Waals surface area contributed by atoms with Crippen molar-refractivity contribution in [3.63, 3.8) is 0 Å². The standard InChI is InChI=1S/C10H16N2S/c1-7-12-9-5-3-4-8(6-11-2)10(9)13-7/h8,11H,3-6H2,1-2H3. The molecule has 0 amide bonds. The van der Waals surface area contributed by atoms with Gasteiger partial charge in [0.25, 0.3) is 0 Å². The van der Waals surface area contributed by atoms with Crippen molar-refractivity contribution in [2.45, 2.75) is 32.1 Å². The maximum Gasteiger partial charge on any atom is 0.0900 e. The number of nitrogens with one attached hydrogen (secondary N) is 1. The van der Waals surface area contributed by atoms with Crippen LogP contribution in [0.1, 0.15) is 34.3 Å². The Labute approximate surface area is 83.4 Å². The molecule has 2 rings (SSSR count). The van der Waals surface area contributed by atoms with Gasteiger partial charge in [-0.25, -0.2) is 4.98 Å². The van der Waals surface area contributed by atoms with Crippen LogP contribution in [0.15, 0.2) is 0 Å². The zero-order valence-electron chi connectivity index (χ0n) is 8.26. The predicted octanol–water partition coefficient (Wildman–Crippen LogP) is 2.09. The molecule has 1 unspecified atom stereocenters. The van der Waals surface area contributed by atoms with E-state index >= 15 is 0 Å². The van der Waals surface area contributed by atoms with Gasteiger partial charge in [-0.1, -0.05) is 0 Å². The molecule has 0 bridgehead atoms. The molecule has 3 heteroatoms. The summed E-state index contributed by atoms with van der Waals surface area (Å²) in [6, 6.07) is 0. The van der Waals surface area contributed by atoms with Crippen LogP contribution in [0.2, 0.25) is 0 Å². The zero-order chi connectivity index (χ0) is 9.26. The van der Waals surface area contributed by atoms with Crippen molar-refractivity contribution in [1.29, 1.82) is 0 Å². The van der Waals surface area contributed by atoms with Crippen LogP contribution in [0.5, 0.6) is 0 Å². The summed E-state index contributed by atoms with van der Waals surface area (Å²) in [6.07, 6.45) is 3.83. The van der Waals surface area contributed by atoms with Gasteiger partial charge in [-0.2, -0.15) is 0 Å². The van der Waals surface area contributed by atoms with Gasteiger partial charge in [-0.05, 0) is 33.2 Å². The molecule has 0 spiro atoms. The van der Waals surface area contributed by atoms with E-state index in [2.05, 4.69) is 17.2 Å². The number of rotatable bonds is 2.